The van der Waals surface area contributed by atoms with Crippen molar-refractivity contribution in [1.29, 1.82) is 0 Å². The summed E-state index contributed by atoms with van der Waals surface area (Å²) in [6.07, 6.45) is 0. The lowest BCUT2D eigenvalue weighted by atomic mass is 10.1. The number of carbonyl (C=O) groups excluding carboxylic acids is 2. The third kappa shape index (κ3) is 1.76. The van der Waals surface area contributed by atoms with Crippen LogP contribution in [0.3, 0.4) is 0 Å². The minimum Gasteiger partial charge on any atom is -0.480 e. The number of carbonyl (C=O) groups is 3. The fourth-order valence-electron chi connectivity index (χ4n) is 1.58. The number of hydrogen-bond acceptors (Lipinski definition) is 3. The van der Waals surface area contributed by atoms with Crippen molar-refractivity contribution in [3.8, 4) is 0 Å². The average Bonchev–Trinajstić information content (AvgIpc) is 2.45. The van der Waals surface area contributed by atoms with E-state index < -0.39 is 30.0 Å². The Kier molecular flexibility index (Phi) is 2.59. The Balaban J connectivity index is 2.56. The van der Waals surface area contributed by atoms with Crippen LogP contribution in [0.15, 0.2) is 12.1 Å². The van der Waals surface area contributed by atoms with Gasteiger partial charge in [0.1, 0.15) is 12.4 Å². The van der Waals surface area contributed by atoms with Gasteiger partial charge in [-0.15, -0.1) is 0 Å². The molecule has 0 atom stereocenters. The van der Waals surface area contributed by atoms with Crippen LogP contribution in [0.4, 0.5) is 10.1 Å². The van der Waals surface area contributed by atoms with E-state index in [1.807, 2.05) is 0 Å². The van der Waals surface area contributed by atoms with E-state index >= 15 is 0 Å². The number of halogens is 2. The Morgan fingerprint density at radius 3 is 2.65 bits per heavy atom. The molecule has 1 N–H and O–H groups in total. The second-order valence-corrected chi connectivity index (χ2v) is 3.80. The average molecular weight is 258 g/mol. The largest absolute Gasteiger partial charge is 0.480 e. The zero-order valence-electron chi connectivity index (χ0n) is 8.24. The summed E-state index contributed by atoms with van der Waals surface area (Å²) in [5, 5.41) is 8.31. The van der Waals surface area contributed by atoms with Crippen LogP contribution in [0.5, 0.6) is 0 Å². The first kappa shape index (κ1) is 11.5. The van der Waals surface area contributed by atoms with Gasteiger partial charge in [-0.25, -0.2) is 4.39 Å². The number of ketones is 1. The van der Waals surface area contributed by atoms with Gasteiger partial charge >= 0.3 is 5.97 Å². The fourth-order valence-corrected chi connectivity index (χ4v) is 1.74. The first-order valence-corrected chi connectivity index (χ1v) is 4.86. The predicted octanol–water partition coefficient (Wildman–Crippen LogP) is 1.09. The lowest BCUT2D eigenvalue weighted by Gasteiger charge is -2.13. The lowest BCUT2D eigenvalue weighted by Crippen LogP contribution is -2.34. The number of hydrogen-bond donors (Lipinski definition) is 1. The molecule has 7 heteroatoms. The number of carboxylic acids is 1. The number of aliphatic carboxylic acids is 1. The molecule has 1 amide bonds. The van der Waals surface area contributed by atoms with Gasteiger partial charge in [-0.2, -0.15) is 0 Å². The van der Waals surface area contributed by atoms with Crippen LogP contribution in [0, 0.1) is 5.82 Å². The molecule has 1 heterocycles. The monoisotopic (exact) mass is 257 g/mol. The molecule has 1 aliphatic heterocycles. The maximum atomic E-state index is 13.2. The van der Waals surface area contributed by atoms with Crippen molar-refractivity contribution in [3.63, 3.8) is 0 Å². The molecule has 17 heavy (non-hydrogen) atoms. The SMILES string of the molecule is O=C(O)CN1C(=O)C(=O)c2cc(Cl)c(F)cc21. The molecule has 0 fully saturated rings. The Morgan fingerprint density at radius 2 is 2.06 bits per heavy atom. The van der Waals surface area contributed by atoms with E-state index in [0.717, 1.165) is 12.1 Å². The summed E-state index contributed by atoms with van der Waals surface area (Å²) in [5.41, 5.74) is -0.146. The molecule has 0 aromatic heterocycles. The van der Waals surface area contributed by atoms with Gasteiger partial charge in [-0.3, -0.25) is 19.3 Å². The molecule has 1 aliphatic rings. The van der Waals surface area contributed by atoms with Gasteiger partial charge in [0.2, 0.25) is 0 Å². The molecule has 0 spiro atoms. The fraction of sp³-hybridized carbons (Fsp3) is 0.100. The third-order valence-electron chi connectivity index (χ3n) is 2.31. The molecule has 0 saturated carbocycles. The molecular weight excluding hydrogens is 253 g/mol. The van der Waals surface area contributed by atoms with Crippen molar-refractivity contribution in [1.82, 2.24) is 0 Å². The van der Waals surface area contributed by atoms with Crippen LogP contribution in [-0.2, 0) is 9.59 Å². The van der Waals surface area contributed by atoms with Crippen LogP contribution >= 0.6 is 11.6 Å². The van der Waals surface area contributed by atoms with Crippen LogP contribution in [0.1, 0.15) is 10.4 Å². The summed E-state index contributed by atoms with van der Waals surface area (Å²) < 4.78 is 13.2. The number of anilines is 1. The number of nitrogens with zero attached hydrogens (tertiary/aromatic N) is 1. The van der Waals surface area contributed by atoms with Crippen molar-refractivity contribution in [2.24, 2.45) is 0 Å². The summed E-state index contributed by atoms with van der Waals surface area (Å²) in [6.45, 7) is -0.696. The summed E-state index contributed by atoms with van der Waals surface area (Å²) in [4.78, 5) is 34.2. The number of carboxylic acid groups (broad SMARTS) is 1. The first-order chi connectivity index (χ1) is 7.91. The standard InChI is InChI=1S/C10H5ClFNO4/c11-5-1-4-7(2-6(5)12)13(3-8(14)15)10(17)9(4)16/h1-2H,3H2,(H,14,15). The Labute approximate surface area is 99.4 Å². The molecule has 0 unspecified atom stereocenters. The van der Waals surface area contributed by atoms with Gasteiger partial charge in [0.05, 0.1) is 16.3 Å². The minimum atomic E-state index is -1.30. The van der Waals surface area contributed by atoms with E-state index in [1.165, 1.54) is 0 Å². The molecule has 0 saturated heterocycles. The number of rotatable bonds is 2. The molecule has 0 radical (unpaired) electrons. The highest BCUT2D eigenvalue weighted by Gasteiger charge is 2.37. The van der Waals surface area contributed by atoms with Crippen LogP contribution in [-0.4, -0.2) is 29.3 Å². The van der Waals surface area contributed by atoms with Gasteiger partial charge in [0.25, 0.3) is 11.7 Å². The smallest absolute Gasteiger partial charge is 0.323 e. The highest BCUT2D eigenvalue weighted by molar-refractivity contribution is 6.53. The Hall–Kier alpha value is -1.95. The van der Waals surface area contributed by atoms with E-state index in [9.17, 15) is 18.8 Å². The molecule has 1 aromatic carbocycles. The molecule has 5 nitrogen and oxygen atoms in total. The van der Waals surface area contributed by atoms with Crippen molar-refractivity contribution in [2.45, 2.75) is 0 Å². The second-order valence-electron chi connectivity index (χ2n) is 3.40. The molecular formula is C10H5ClFNO4. The zero-order valence-corrected chi connectivity index (χ0v) is 8.99. The summed E-state index contributed by atoms with van der Waals surface area (Å²) in [6, 6.07) is 1.90. The van der Waals surface area contributed by atoms with Crippen LogP contribution in [0.2, 0.25) is 5.02 Å². The Morgan fingerprint density at radius 1 is 1.41 bits per heavy atom. The van der Waals surface area contributed by atoms with E-state index in [1.54, 1.807) is 0 Å². The van der Waals surface area contributed by atoms with Gasteiger partial charge in [0.15, 0.2) is 0 Å². The normalized spacial score (nSPS) is 14.1. The number of Topliss-reactive ketones (excluding diaryl/α,β-unsaturated/α-hetero) is 1. The van der Waals surface area contributed by atoms with E-state index in [-0.39, 0.29) is 16.3 Å². The van der Waals surface area contributed by atoms with E-state index in [2.05, 4.69) is 0 Å². The van der Waals surface area contributed by atoms with Crippen molar-refractivity contribution in [3.05, 3.63) is 28.5 Å². The van der Waals surface area contributed by atoms with Crippen molar-refractivity contribution < 1.29 is 23.9 Å². The molecule has 88 valence electrons. The van der Waals surface area contributed by atoms with Crippen LogP contribution < -0.4 is 4.90 Å². The van der Waals surface area contributed by atoms with Crippen molar-refractivity contribution >= 4 is 34.9 Å². The lowest BCUT2D eigenvalue weighted by molar-refractivity contribution is -0.136. The molecule has 0 aliphatic carbocycles. The van der Waals surface area contributed by atoms with Gasteiger partial charge in [0, 0.05) is 0 Å². The maximum Gasteiger partial charge on any atom is 0.323 e. The summed E-state index contributed by atoms with van der Waals surface area (Å²) in [7, 11) is 0. The maximum absolute atomic E-state index is 13.2. The first-order valence-electron chi connectivity index (χ1n) is 4.49. The summed E-state index contributed by atoms with van der Waals surface area (Å²) in [5.74, 6) is -4.00. The highest BCUT2D eigenvalue weighted by Crippen LogP contribution is 2.32. The third-order valence-corrected chi connectivity index (χ3v) is 2.60. The quantitative estimate of drug-likeness (QED) is 0.805. The highest BCUT2D eigenvalue weighted by atomic mass is 35.5. The topological polar surface area (TPSA) is 74.7 Å². The summed E-state index contributed by atoms with van der Waals surface area (Å²) >= 11 is 5.49. The zero-order chi connectivity index (χ0) is 12.7. The van der Waals surface area contributed by atoms with Gasteiger partial charge in [-0.05, 0) is 12.1 Å². The number of amides is 1. The minimum absolute atomic E-state index is 0.0655. The van der Waals surface area contributed by atoms with Gasteiger partial charge in [-0.1, -0.05) is 11.6 Å². The molecule has 2 rings (SSSR count). The van der Waals surface area contributed by atoms with Crippen LogP contribution in [0.25, 0.3) is 0 Å². The predicted molar refractivity (Wildman–Crippen MR) is 55.7 cm³/mol. The van der Waals surface area contributed by atoms with Crippen molar-refractivity contribution in [2.75, 3.05) is 11.4 Å². The Bertz CT molecular complexity index is 557. The number of fused-ring (bicyclic) bond motifs is 1. The van der Waals surface area contributed by atoms with E-state index in [0.29, 0.717) is 4.90 Å². The molecule has 0 bridgehead atoms. The van der Waals surface area contributed by atoms with E-state index in [4.69, 9.17) is 16.7 Å². The molecule has 1 aromatic rings. The van der Waals surface area contributed by atoms with Gasteiger partial charge < -0.3 is 5.11 Å². The number of benzene rings is 1. The second kappa shape index (κ2) is 3.81.